The molecule has 14 heteroatoms. The Kier molecular flexibility index (Phi) is 22.0. The fourth-order valence-electron chi connectivity index (χ4n) is 8.23. The molecule has 0 unspecified atom stereocenters. The number of amides is 5. The zero-order valence-corrected chi connectivity index (χ0v) is 40.7. The summed E-state index contributed by atoms with van der Waals surface area (Å²) in [6.07, 6.45) is 15.3. The van der Waals surface area contributed by atoms with Crippen LogP contribution >= 0.6 is 0 Å². The summed E-state index contributed by atoms with van der Waals surface area (Å²) in [4.78, 5) is 72.4. The van der Waals surface area contributed by atoms with Crippen molar-refractivity contribution in [2.24, 2.45) is 29.4 Å². The van der Waals surface area contributed by atoms with Gasteiger partial charge in [0, 0.05) is 52.9 Å². The monoisotopic (exact) mass is 873 g/mol. The minimum atomic E-state index is -1.32. The summed E-state index contributed by atoms with van der Waals surface area (Å²) in [5.74, 6) is -2.00. The van der Waals surface area contributed by atoms with Gasteiger partial charge in [0.15, 0.2) is 0 Å². The maximum absolute atomic E-state index is 14.4. The van der Waals surface area contributed by atoms with E-state index >= 15 is 0 Å². The molecule has 5 amide bonds. The highest BCUT2D eigenvalue weighted by atomic mass is 16.5. The Morgan fingerprint density at radius 2 is 1.55 bits per heavy atom. The molecule has 0 radical (unpaired) electrons. The molecule has 0 aromatic carbocycles. The van der Waals surface area contributed by atoms with Crippen molar-refractivity contribution in [3.05, 3.63) is 36.5 Å². The number of allylic oxidation sites excluding steroid dienone is 6. The first-order chi connectivity index (χ1) is 28.9. The van der Waals surface area contributed by atoms with E-state index in [1.807, 2.05) is 91.5 Å². The van der Waals surface area contributed by atoms with Gasteiger partial charge >= 0.3 is 0 Å². The molecule has 1 heterocycles. The third-order valence-corrected chi connectivity index (χ3v) is 12.5. The van der Waals surface area contributed by atoms with Gasteiger partial charge in [-0.15, -0.1) is 0 Å². The maximum atomic E-state index is 14.4. The first-order valence-corrected chi connectivity index (χ1v) is 22.9. The number of ether oxygens (including phenoxy) is 3. The Morgan fingerprint density at radius 3 is 2.10 bits per heavy atom. The molecule has 1 fully saturated rings. The zero-order valence-electron chi connectivity index (χ0n) is 40.7. The average Bonchev–Trinajstić information content (AvgIpc) is 3.53. The lowest BCUT2D eigenvalue weighted by Gasteiger charge is -2.41. The smallest absolute Gasteiger partial charge is 0.245 e. The molecule has 0 spiro atoms. The Labute approximate surface area is 373 Å². The van der Waals surface area contributed by atoms with Gasteiger partial charge in [-0.3, -0.25) is 24.0 Å². The summed E-state index contributed by atoms with van der Waals surface area (Å²) < 4.78 is 18.0. The fourth-order valence-corrected chi connectivity index (χ4v) is 8.23. The van der Waals surface area contributed by atoms with Gasteiger partial charge in [0.05, 0.1) is 42.2 Å². The standard InChI is InChI=1S/C48H84N6O8/c1-15-33(4)41(53(12)44(58)40(32(2)3)51-45(59)48(10,11)52-38(55)24-26-47(8,9)62-30-27-46(6,7)49)37(60-13)31-39(56)54-29-20-23-36(54)42(61-14)34(5)43(57)50-28-25-35-21-18-16-17-19-22-35/h16-19,21-22,32-37,40-42H,15,20,23-31,49H2,1-14H3,(H,50,57)(H,51,59)(H,52,55)/t33-,34+,36-,37+,40-,41-,42+/m0/s1. The fraction of sp³-hybridized carbons (Fsp3) is 0.771. The predicted octanol–water partition coefficient (Wildman–Crippen LogP) is 5.45. The van der Waals surface area contributed by atoms with Crippen molar-refractivity contribution >= 4 is 29.5 Å². The summed E-state index contributed by atoms with van der Waals surface area (Å²) >= 11 is 0. The molecule has 0 aromatic rings. The molecular weight excluding hydrogens is 789 g/mol. The van der Waals surface area contributed by atoms with Gasteiger partial charge in [-0.25, -0.2) is 0 Å². The topological polar surface area (TPSA) is 182 Å². The van der Waals surface area contributed by atoms with Crippen LogP contribution in [0.2, 0.25) is 0 Å². The van der Waals surface area contributed by atoms with Crippen molar-refractivity contribution in [1.29, 1.82) is 0 Å². The lowest BCUT2D eigenvalue weighted by Crippen LogP contribution is -2.62. The van der Waals surface area contributed by atoms with Gasteiger partial charge < -0.3 is 45.7 Å². The summed E-state index contributed by atoms with van der Waals surface area (Å²) in [6.45, 7) is 22.1. The van der Waals surface area contributed by atoms with Gasteiger partial charge in [0.25, 0.3) is 0 Å². The first kappa shape index (κ1) is 54.5. The van der Waals surface area contributed by atoms with E-state index < -0.39 is 47.3 Å². The van der Waals surface area contributed by atoms with Crippen molar-refractivity contribution in [3.63, 3.8) is 0 Å². The number of carbonyl (C=O) groups excluding carboxylic acids is 5. The number of methoxy groups -OCH3 is 2. The van der Waals surface area contributed by atoms with E-state index in [9.17, 15) is 24.0 Å². The Hall–Kier alpha value is -3.59. The summed E-state index contributed by atoms with van der Waals surface area (Å²) in [5.41, 5.74) is 3.84. The molecule has 2 aliphatic rings. The Bertz CT molecular complexity index is 1540. The largest absolute Gasteiger partial charge is 0.379 e. The quantitative estimate of drug-likeness (QED) is 0.0879. The lowest BCUT2D eigenvalue weighted by atomic mass is 9.89. The molecule has 1 aliphatic carbocycles. The molecule has 62 heavy (non-hydrogen) atoms. The number of carbonyl (C=O) groups is 5. The molecule has 5 N–H and O–H groups in total. The lowest BCUT2D eigenvalue weighted by molar-refractivity contribution is -0.148. The van der Waals surface area contributed by atoms with Crippen LogP contribution in [0.4, 0.5) is 0 Å². The Balaban J connectivity index is 2.14. The van der Waals surface area contributed by atoms with Gasteiger partial charge in [0.1, 0.15) is 11.6 Å². The first-order valence-electron chi connectivity index (χ1n) is 22.9. The number of nitrogens with one attached hydrogen (secondary N) is 3. The summed E-state index contributed by atoms with van der Waals surface area (Å²) in [5, 5.41) is 8.86. The second kappa shape index (κ2) is 25.0. The molecule has 1 saturated heterocycles. The number of nitrogens with zero attached hydrogens (tertiary/aromatic N) is 2. The summed E-state index contributed by atoms with van der Waals surface area (Å²) in [6, 6.07) is -1.73. The molecule has 0 aromatic heterocycles. The van der Waals surface area contributed by atoms with Crippen molar-refractivity contribution in [1.82, 2.24) is 25.8 Å². The van der Waals surface area contributed by atoms with E-state index in [-0.39, 0.29) is 65.8 Å². The molecule has 0 saturated carbocycles. The number of likely N-dealkylation sites (N-methyl/N-ethyl adjacent to an activating group) is 1. The normalized spacial score (nSPS) is 19.0. The van der Waals surface area contributed by atoms with E-state index in [0.717, 1.165) is 12.8 Å². The van der Waals surface area contributed by atoms with E-state index in [2.05, 4.69) is 28.1 Å². The average molecular weight is 873 g/mol. The second-order valence-electron chi connectivity index (χ2n) is 19.7. The van der Waals surface area contributed by atoms with Crippen LogP contribution in [0.3, 0.4) is 0 Å². The van der Waals surface area contributed by atoms with E-state index in [1.54, 1.807) is 40.0 Å². The molecule has 14 nitrogen and oxygen atoms in total. The number of hydrogen-bond donors (Lipinski definition) is 4. The highest BCUT2D eigenvalue weighted by Crippen LogP contribution is 2.30. The van der Waals surface area contributed by atoms with Crippen LogP contribution in [0, 0.1) is 23.7 Å². The molecule has 7 atom stereocenters. The maximum Gasteiger partial charge on any atom is 0.245 e. The van der Waals surface area contributed by atoms with Crippen LogP contribution < -0.4 is 21.7 Å². The molecule has 354 valence electrons. The van der Waals surface area contributed by atoms with Gasteiger partial charge in [-0.05, 0) is 91.4 Å². The molecule has 2 rings (SSSR count). The van der Waals surface area contributed by atoms with Crippen molar-refractivity contribution in [3.8, 4) is 0 Å². The van der Waals surface area contributed by atoms with Crippen LogP contribution in [0.1, 0.15) is 128 Å². The van der Waals surface area contributed by atoms with E-state index in [1.165, 1.54) is 0 Å². The van der Waals surface area contributed by atoms with Crippen LogP contribution in [0.25, 0.3) is 0 Å². The van der Waals surface area contributed by atoms with Crippen molar-refractivity contribution < 1.29 is 38.2 Å². The molecular formula is C48H84N6O8. The third kappa shape index (κ3) is 17.2. The number of hydrogen-bond acceptors (Lipinski definition) is 9. The summed E-state index contributed by atoms with van der Waals surface area (Å²) in [7, 11) is 4.83. The van der Waals surface area contributed by atoms with Crippen LogP contribution in [-0.4, -0.2) is 127 Å². The third-order valence-electron chi connectivity index (χ3n) is 12.5. The minimum Gasteiger partial charge on any atom is -0.379 e. The highest BCUT2D eigenvalue weighted by molar-refractivity contribution is 5.94. The van der Waals surface area contributed by atoms with Crippen LogP contribution in [0.5, 0.6) is 0 Å². The molecule has 0 bridgehead atoms. The number of nitrogens with two attached hydrogens (primary N) is 1. The van der Waals surface area contributed by atoms with Crippen molar-refractivity contribution in [2.45, 2.75) is 175 Å². The molecule has 1 aliphatic heterocycles. The number of rotatable bonds is 26. The van der Waals surface area contributed by atoms with Crippen molar-refractivity contribution in [2.75, 3.05) is 41.0 Å². The SMILES string of the molecule is CC[C@H](C)[C@@H]([C@@H](CC(=O)N1CCC[C@H]1[C@H](OC)[C@@H](C)C(=O)NCCC1C=CC=CC=C1)OC)N(C)C(=O)[C@@H](NC(=O)C(C)(C)NC(=O)CCC(C)(C)OCCC(C)(C)N)C(C)C. The minimum absolute atomic E-state index is 0.0124. The highest BCUT2D eigenvalue weighted by Gasteiger charge is 2.43. The van der Waals surface area contributed by atoms with Crippen LogP contribution in [-0.2, 0) is 38.2 Å². The predicted molar refractivity (Wildman–Crippen MR) is 246 cm³/mol. The van der Waals surface area contributed by atoms with Crippen LogP contribution in [0.15, 0.2) is 36.5 Å². The number of likely N-dealkylation sites (tertiary alicyclic amines) is 1. The Morgan fingerprint density at radius 1 is 0.919 bits per heavy atom. The van der Waals surface area contributed by atoms with Gasteiger partial charge in [-0.2, -0.15) is 0 Å². The zero-order chi connectivity index (χ0) is 47.0. The van der Waals surface area contributed by atoms with E-state index in [0.29, 0.717) is 45.4 Å². The second-order valence-corrected chi connectivity index (χ2v) is 19.7. The van der Waals surface area contributed by atoms with E-state index in [4.69, 9.17) is 19.9 Å². The van der Waals surface area contributed by atoms with Gasteiger partial charge in [0.2, 0.25) is 29.5 Å². The van der Waals surface area contributed by atoms with Gasteiger partial charge in [-0.1, -0.05) is 77.5 Å².